The summed E-state index contributed by atoms with van der Waals surface area (Å²) in [5.41, 5.74) is 4.39. The van der Waals surface area contributed by atoms with Gasteiger partial charge in [0.25, 0.3) is 0 Å². The topological polar surface area (TPSA) is 0 Å². The van der Waals surface area contributed by atoms with E-state index in [2.05, 4.69) is 69.9 Å². The lowest BCUT2D eigenvalue weighted by Gasteiger charge is -2.16. The third-order valence-corrected chi connectivity index (χ3v) is 5.93. The van der Waals surface area contributed by atoms with Gasteiger partial charge < -0.3 is 0 Å². The van der Waals surface area contributed by atoms with E-state index in [-0.39, 0.29) is 0 Å². The summed E-state index contributed by atoms with van der Waals surface area (Å²) in [5.74, 6) is 0.603. The molecule has 2 rings (SSSR count). The molecule has 0 nitrogen and oxygen atoms in total. The van der Waals surface area contributed by atoms with Crippen LogP contribution in [-0.2, 0) is 6.42 Å². The van der Waals surface area contributed by atoms with Crippen LogP contribution in [0, 0.1) is 19.8 Å². The Labute approximate surface area is 112 Å². The SMILES string of the molecule is Cc1cccc(C)c1CC1C=CC([Si](C)(C)C)=C1. The molecule has 96 valence electrons. The lowest BCUT2D eigenvalue weighted by molar-refractivity contribution is 0.804. The van der Waals surface area contributed by atoms with E-state index < -0.39 is 8.07 Å². The van der Waals surface area contributed by atoms with Gasteiger partial charge in [-0.3, -0.25) is 0 Å². The van der Waals surface area contributed by atoms with Crippen LogP contribution in [0.25, 0.3) is 0 Å². The Balaban J connectivity index is 2.18. The Hall–Kier alpha value is -1.08. The van der Waals surface area contributed by atoms with E-state index in [1.54, 1.807) is 5.20 Å². The van der Waals surface area contributed by atoms with Gasteiger partial charge in [0.1, 0.15) is 0 Å². The van der Waals surface area contributed by atoms with Crippen molar-refractivity contribution < 1.29 is 0 Å². The average Bonchev–Trinajstić information content (AvgIpc) is 2.72. The Bertz CT molecular complexity index is 481. The lowest BCUT2D eigenvalue weighted by Crippen LogP contribution is -2.22. The summed E-state index contributed by atoms with van der Waals surface area (Å²) in [4.78, 5) is 0. The summed E-state index contributed by atoms with van der Waals surface area (Å²) in [6.07, 6.45) is 8.41. The largest absolute Gasteiger partial charge is 0.0780 e. The second kappa shape index (κ2) is 4.89. The van der Waals surface area contributed by atoms with Crippen molar-refractivity contribution in [2.45, 2.75) is 39.9 Å². The molecule has 1 unspecified atom stereocenters. The molecule has 1 heteroatoms. The van der Waals surface area contributed by atoms with Crippen LogP contribution < -0.4 is 0 Å². The fourth-order valence-electron chi connectivity index (χ4n) is 2.60. The molecular weight excluding hydrogens is 232 g/mol. The molecular formula is C17H24Si. The molecule has 1 atom stereocenters. The van der Waals surface area contributed by atoms with Crippen LogP contribution in [0.4, 0.5) is 0 Å². The van der Waals surface area contributed by atoms with Gasteiger partial charge in [0.05, 0.1) is 8.07 Å². The molecule has 18 heavy (non-hydrogen) atoms. The lowest BCUT2D eigenvalue weighted by atomic mass is 9.93. The highest BCUT2D eigenvalue weighted by molar-refractivity contribution is 6.83. The molecule has 0 amide bonds. The zero-order chi connectivity index (χ0) is 13.3. The fourth-order valence-corrected chi connectivity index (χ4v) is 3.91. The minimum absolute atomic E-state index is 0.603. The summed E-state index contributed by atoms with van der Waals surface area (Å²) in [7, 11) is -1.14. The molecule has 1 aromatic carbocycles. The first-order chi connectivity index (χ1) is 8.38. The van der Waals surface area contributed by atoms with E-state index in [0.717, 1.165) is 6.42 Å². The standard InChI is InChI=1S/C17H24Si/c1-13-7-6-8-14(2)17(13)12-15-9-10-16(11-15)18(3,4)5/h6-11,15H,12H2,1-5H3. The predicted octanol–water partition coefficient (Wildman–Crippen LogP) is 4.84. The van der Waals surface area contributed by atoms with E-state index in [4.69, 9.17) is 0 Å². The van der Waals surface area contributed by atoms with Crippen molar-refractivity contribution in [2.24, 2.45) is 5.92 Å². The van der Waals surface area contributed by atoms with Gasteiger partial charge in [-0.15, -0.1) is 0 Å². The number of allylic oxidation sites excluding steroid dienone is 4. The maximum Gasteiger partial charge on any atom is 0.0771 e. The van der Waals surface area contributed by atoms with Crippen LogP contribution in [-0.4, -0.2) is 8.07 Å². The minimum Gasteiger partial charge on any atom is -0.0780 e. The van der Waals surface area contributed by atoms with Crippen molar-refractivity contribution in [2.75, 3.05) is 0 Å². The van der Waals surface area contributed by atoms with Gasteiger partial charge in [-0.2, -0.15) is 0 Å². The molecule has 0 heterocycles. The first-order valence-corrected chi connectivity index (χ1v) is 10.3. The number of hydrogen-bond acceptors (Lipinski definition) is 0. The number of benzene rings is 1. The van der Waals surface area contributed by atoms with Crippen molar-refractivity contribution in [3.63, 3.8) is 0 Å². The molecule has 1 aromatic rings. The number of rotatable bonds is 3. The van der Waals surface area contributed by atoms with E-state index in [1.165, 1.54) is 16.7 Å². The molecule has 0 radical (unpaired) electrons. The Morgan fingerprint density at radius 2 is 1.67 bits per heavy atom. The smallest absolute Gasteiger partial charge is 0.0771 e. The maximum absolute atomic E-state index is 2.50. The van der Waals surface area contributed by atoms with Gasteiger partial charge in [0.15, 0.2) is 0 Å². The second-order valence-corrected chi connectivity index (χ2v) is 11.5. The summed E-state index contributed by atoms with van der Waals surface area (Å²) in [5, 5.41) is 1.61. The van der Waals surface area contributed by atoms with E-state index in [1.807, 2.05) is 0 Å². The number of aryl methyl sites for hydroxylation is 2. The molecule has 0 fully saturated rings. The quantitative estimate of drug-likeness (QED) is 0.679. The van der Waals surface area contributed by atoms with Crippen LogP contribution in [0.15, 0.2) is 41.6 Å². The van der Waals surface area contributed by atoms with Gasteiger partial charge >= 0.3 is 0 Å². The highest BCUT2D eigenvalue weighted by atomic mass is 28.3. The molecule has 1 aliphatic rings. The van der Waals surface area contributed by atoms with Crippen molar-refractivity contribution in [3.8, 4) is 0 Å². The monoisotopic (exact) mass is 256 g/mol. The van der Waals surface area contributed by atoms with Gasteiger partial charge in [-0.1, -0.05) is 61.3 Å². The zero-order valence-corrected chi connectivity index (χ0v) is 13.2. The van der Waals surface area contributed by atoms with E-state index >= 15 is 0 Å². The molecule has 1 aliphatic carbocycles. The van der Waals surface area contributed by atoms with Crippen LogP contribution >= 0.6 is 0 Å². The molecule has 0 spiro atoms. The molecule has 0 saturated carbocycles. The summed E-state index contributed by atoms with van der Waals surface area (Å²) in [6.45, 7) is 11.7. The Morgan fingerprint density at radius 1 is 1.06 bits per heavy atom. The van der Waals surface area contributed by atoms with Crippen molar-refractivity contribution in [3.05, 3.63) is 58.3 Å². The average molecular weight is 256 g/mol. The van der Waals surface area contributed by atoms with Gasteiger partial charge in [0.2, 0.25) is 0 Å². The third-order valence-electron chi connectivity index (χ3n) is 3.87. The molecule has 0 bridgehead atoms. The van der Waals surface area contributed by atoms with Crippen LogP contribution in [0.2, 0.25) is 19.6 Å². The third kappa shape index (κ3) is 2.84. The first-order valence-electron chi connectivity index (χ1n) is 6.83. The highest BCUT2D eigenvalue weighted by Gasteiger charge is 2.22. The Morgan fingerprint density at radius 3 is 2.17 bits per heavy atom. The highest BCUT2D eigenvalue weighted by Crippen LogP contribution is 2.28. The molecule has 0 aliphatic heterocycles. The van der Waals surface area contributed by atoms with Crippen LogP contribution in [0.3, 0.4) is 0 Å². The van der Waals surface area contributed by atoms with Crippen molar-refractivity contribution >= 4 is 8.07 Å². The van der Waals surface area contributed by atoms with E-state index in [9.17, 15) is 0 Å². The molecule has 0 N–H and O–H groups in total. The minimum atomic E-state index is -1.14. The normalized spacial score (nSPS) is 19.2. The van der Waals surface area contributed by atoms with Crippen molar-refractivity contribution in [1.29, 1.82) is 0 Å². The fraction of sp³-hybridized carbons (Fsp3) is 0.412. The van der Waals surface area contributed by atoms with Gasteiger partial charge in [-0.05, 0) is 42.9 Å². The van der Waals surface area contributed by atoms with Gasteiger partial charge in [0, 0.05) is 0 Å². The Kier molecular flexibility index (Phi) is 3.63. The first kappa shape index (κ1) is 13.4. The van der Waals surface area contributed by atoms with Crippen molar-refractivity contribution in [1.82, 2.24) is 0 Å². The summed E-state index contributed by atoms with van der Waals surface area (Å²) >= 11 is 0. The number of hydrogen-bond donors (Lipinski definition) is 0. The van der Waals surface area contributed by atoms with E-state index in [0.29, 0.717) is 5.92 Å². The second-order valence-electron chi connectivity index (χ2n) is 6.47. The summed E-state index contributed by atoms with van der Waals surface area (Å²) < 4.78 is 0. The zero-order valence-electron chi connectivity index (χ0n) is 12.2. The molecule has 0 aromatic heterocycles. The van der Waals surface area contributed by atoms with Crippen LogP contribution in [0.5, 0.6) is 0 Å². The predicted molar refractivity (Wildman–Crippen MR) is 83.7 cm³/mol. The summed E-state index contributed by atoms with van der Waals surface area (Å²) in [6, 6.07) is 6.61. The molecule has 0 saturated heterocycles. The maximum atomic E-state index is 2.50. The van der Waals surface area contributed by atoms with Gasteiger partial charge in [-0.25, -0.2) is 0 Å². The van der Waals surface area contributed by atoms with Crippen LogP contribution in [0.1, 0.15) is 16.7 Å².